The Kier molecular flexibility index (Phi) is 8.56. The first-order valence-electron chi connectivity index (χ1n) is 4.75. The lowest BCUT2D eigenvalue weighted by Crippen LogP contribution is -1.94. The van der Waals surface area contributed by atoms with Crippen molar-refractivity contribution in [2.45, 2.75) is 6.92 Å². The minimum atomic E-state index is 0. The quantitative estimate of drug-likeness (QED) is 0.793. The molecule has 3 nitrogen and oxygen atoms in total. The summed E-state index contributed by atoms with van der Waals surface area (Å²) >= 11 is 0. The van der Waals surface area contributed by atoms with Crippen LogP contribution in [0.4, 0.5) is 11.4 Å². The molecular weight excluding hydrogens is 293 g/mol. The number of aromatic nitrogens is 1. The van der Waals surface area contributed by atoms with Gasteiger partial charge in [-0.15, -0.1) is 37.2 Å². The van der Waals surface area contributed by atoms with Crippen LogP contribution in [0.5, 0.6) is 0 Å². The van der Waals surface area contributed by atoms with E-state index in [2.05, 4.69) is 4.98 Å². The van der Waals surface area contributed by atoms with Gasteiger partial charge in [-0.25, -0.2) is 0 Å². The molecule has 0 fully saturated rings. The molecule has 0 bridgehead atoms. The van der Waals surface area contributed by atoms with E-state index in [1.807, 2.05) is 31.3 Å². The molecule has 0 aliphatic rings. The molecule has 4 N–H and O–H groups in total. The molecule has 0 unspecified atom stereocenters. The van der Waals surface area contributed by atoms with Crippen molar-refractivity contribution in [3.63, 3.8) is 0 Å². The third-order valence-electron chi connectivity index (χ3n) is 2.26. The maximum absolute atomic E-state index is 5.86. The highest BCUT2D eigenvalue weighted by Gasteiger charge is 2.03. The molecule has 0 atom stereocenters. The van der Waals surface area contributed by atoms with Gasteiger partial charge in [0.25, 0.3) is 0 Å². The second-order valence-electron chi connectivity index (χ2n) is 3.57. The highest BCUT2D eigenvalue weighted by molar-refractivity contribution is 5.86. The van der Waals surface area contributed by atoms with Gasteiger partial charge in [-0.05, 0) is 36.8 Å². The normalized spacial score (nSPS) is 8.50. The second-order valence-corrected chi connectivity index (χ2v) is 3.57. The number of nitrogens with two attached hydrogens (primary N) is 2. The largest absolute Gasteiger partial charge is 0.399 e. The number of hydrogen-bond acceptors (Lipinski definition) is 3. The van der Waals surface area contributed by atoms with E-state index in [0.29, 0.717) is 11.4 Å². The average molecular weight is 309 g/mol. The monoisotopic (exact) mass is 307 g/mol. The molecule has 2 rings (SSSR count). The van der Waals surface area contributed by atoms with Crippen molar-refractivity contribution in [2.75, 3.05) is 11.5 Å². The number of aryl methyl sites for hydroxylation is 1. The van der Waals surface area contributed by atoms with Crippen molar-refractivity contribution in [3.05, 3.63) is 42.1 Å². The van der Waals surface area contributed by atoms with Gasteiger partial charge in [-0.1, -0.05) is 6.07 Å². The molecular formula is C12H16Cl3N3. The Morgan fingerprint density at radius 3 is 2.17 bits per heavy atom. The van der Waals surface area contributed by atoms with Crippen LogP contribution in [0.3, 0.4) is 0 Å². The summed E-state index contributed by atoms with van der Waals surface area (Å²) in [6, 6.07) is 9.37. The molecule has 0 aliphatic heterocycles. The van der Waals surface area contributed by atoms with Gasteiger partial charge >= 0.3 is 0 Å². The van der Waals surface area contributed by atoms with Gasteiger partial charge in [0.1, 0.15) is 0 Å². The first-order valence-corrected chi connectivity index (χ1v) is 4.75. The number of rotatable bonds is 1. The number of nitrogen functional groups attached to an aromatic ring is 2. The third-order valence-corrected chi connectivity index (χ3v) is 2.26. The summed E-state index contributed by atoms with van der Waals surface area (Å²) in [5.41, 5.74) is 15.8. The van der Waals surface area contributed by atoms with Crippen LogP contribution in [-0.2, 0) is 0 Å². The standard InChI is InChI=1S/C12H13N3.3ClH/c1-8-2-5-12(15-7-8)10-6-9(13)3-4-11(10)14;;;/h2-7H,13-14H2,1H3;3*1H. The Balaban J connectivity index is 0. The highest BCUT2D eigenvalue weighted by atomic mass is 35.5. The van der Waals surface area contributed by atoms with E-state index in [1.165, 1.54) is 0 Å². The van der Waals surface area contributed by atoms with Crippen molar-refractivity contribution in [3.8, 4) is 11.3 Å². The fourth-order valence-corrected chi connectivity index (χ4v) is 1.42. The average Bonchev–Trinajstić information content (AvgIpc) is 2.23. The van der Waals surface area contributed by atoms with Crippen LogP contribution in [0.15, 0.2) is 36.5 Å². The van der Waals surface area contributed by atoms with E-state index in [1.54, 1.807) is 12.1 Å². The van der Waals surface area contributed by atoms with Crippen molar-refractivity contribution in [2.24, 2.45) is 0 Å². The van der Waals surface area contributed by atoms with Crippen LogP contribution in [-0.4, -0.2) is 4.98 Å². The number of benzene rings is 1. The van der Waals surface area contributed by atoms with Crippen molar-refractivity contribution >= 4 is 48.6 Å². The highest BCUT2D eigenvalue weighted by Crippen LogP contribution is 2.26. The zero-order chi connectivity index (χ0) is 10.8. The van der Waals surface area contributed by atoms with E-state index < -0.39 is 0 Å². The Labute approximate surface area is 125 Å². The summed E-state index contributed by atoms with van der Waals surface area (Å²) in [6.45, 7) is 2.00. The van der Waals surface area contributed by atoms with Gasteiger partial charge in [0, 0.05) is 23.1 Å². The molecule has 100 valence electrons. The molecule has 1 aromatic carbocycles. The Bertz CT molecular complexity index is 486. The molecule has 1 heterocycles. The number of hydrogen-bond donors (Lipinski definition) is 2. The van der Waals surface area contributed by atoms with Crippen LogP contribution >= 0.6 is 37.2 Å². The molecule has 0 saturated heterocycles. The molecule has 1 aromatic heterocycles. The number of pyridine rings is 1. The molecule has 2 aromatic rings. The molecule has 0 saturated carbocycles. The molecule has 0 radical (unpaired) electrons. The predicted molar refractivity (Wildman–Crippen MR) is 85.0 cm³/mol. The Hall–Kier alpha value is -1.16. The van der Waals surface area contributed by atoms with Crippen LogP contribution < -0.4 is 11.5 Å². The fourth-order valence-electron chi connectivity index (χ4n) is 1.42. The third kappa shape index (κ3) is 4.26. The number of halogens is 3. The van der Waals surface area contributed by atoms with Gasteiger partial charge in [-0.3, -0.25) is 4.98 Å². The van der Waals surface area contributed by atoms with Crippen molar-refractivity contribution < 1.29 is 0 Å². The van der Waals surface area contributed by atoms with Gasteiger partial charge in [0.05, 0.1) is 5.69 Å². The van der Waals surface area contributed by atoms with E-state index in [0.717, 1.165) is 16.8 Å². The molecule has 18 heavy (non-hydrogen) atoms. The Morgan fingerprint density at radius 1 is 0.944 bits per heavy atom. The van der Waals surface area contributed by atoms with Crippen LogP contribution in [0, 0.1) is 6.92 Å². The van der Waals surface area contributed by atoms with E-state index in [-0.39, 0.29) is 37.2 Å². The van der Waals surface area contributed by atoms with Gasteiger partial charge in [-0.2, -0.15) is 0 Å². The number of nitrogens with zero attached hydrogens (tertiary/aromatic N) is 1. The predicted octanol–water partition coefficient (Wildman–Crippen LogP) is 3.49. The number of anilines is 2. The SMILES string of the molecule is Cc1ccc(-c2cc(N)ccc2N)nc1.Cl.Cl.Cl. The summed E-state index contributed by atoms with van der Waals surface area (Å²) in [5.74, 6) is 0. The molecule has 0 spiro atoms. The topological polar surface area (TPSA) is 64.9 Å². The lowest BCUT2D eigenvalue weighted by atomic mass is 10.1. The summed E-state index contributed by atoms with van der Waals surface area (Å²) in [6.07, 6.45) is 1.82. The Morgan fingerprint density at radius 2 is 1.61 bits per heavy atom. The summed E-state index contributed by atoms with van der Waals surface area (Å²) in [7, 11) is 0. The molecule has 0 aliphatic carbocycles. The maximum atomic E-state index is 5.86. The smallest absolute Gasteiger partial charge is 0.0723 e. The zero-order valence-electron chi connectivity index (χ0n) is 9.79. The summed E-state index contributed by atoms with van der Waals surface area (Å²) in [4.78, 5) is 4.31. The van der Waals surface area contributed by atoms with Crippen LogP contribution in [0.1, 0.15) is 5.56 Å². The zero-order valence-corrected chi connectivity index (χ0v) is 12.2. The van der Waals surface area contributed by atoms with Crippen LogP contribution in [0.2, 0.25) is 0 Å². The first-order chi connectivity index (χ1) is 7.16. The van der Waals surface area contributed by atoms with E-state index >= 15 is 0 Å². The van der Waals surface area contributed by atoms with Crippen molar-refractivity contribution in [1.82, 2.24) is 4.98 Å². The van der Waals surface area contributed by atoms with E-state index in [4.69, 9.17) is 11.5 Å². The molecule has 6 heteroatoms. The van der Waals surface area contributed by atoms with E-state index in [9.17, 15) is 0 Å². The summed E-state index contributed by atoms with van der Waals surface area (Å²) in [5, 5.41) is 0. The second kappa shape index (κ2) is 8.03. The minimum Gasteiger partial charge on any atom is -0.399 e. The van der Waals surface area contributed by atoms with Crippen molar-refractivity contribution in [1.29, 1.82) is 0 Å². The lowest BCUT2D eigenvalue weighted by molar-refractivity contribution is 1.27. The van der Waals surface area contributed by atoms with Gasteiger partial charge in [0.15, 0.2) is 0 Å². The maximum Gasteiger partial charge on any atom is 0.0723 e. The van der Waals surface area contributed by atoms with Gasteiger partial charge < -0.3 is 11.5 Å². The fraction of sp³-hybridized carbons (Fsp3) is 0.0833. The van der Waals surface area contributed by atoms with Crippen LogP contribution in [0.25, 0.3) is 11.3 Å². The van der Waals surface area contributed by atoms with Gasteiger partial charge in [0.2, 0.25) is 0 Å². The minimum absolute atomic E-state index is 0. The molecule has 0 amide bonds. The summed E-state index contributed by atoms with van der Waals surface area (Å²) < 4.78 is 0. The first kappa shape index (κ1) is 19.2. The lowest BCUT2D eigenvalue weighted by Gasteiger charge is -2.06.